The Morgan fingerprint density at radius 2 is 2.06 bits per heavy atom. The second-order valence-corrected chi connectivity index (χ2v) is 4.66. The van der Waals surface area contributed by atoms with E-state index in [0.717, 1.165) is 12.2 Å². The molecule has 2 unspecified atom stereocenters. The third-order valence-corrected chi connectivity index (χ3v) is 3.39. The maximum absolute atomic E-state index is 8.95. The molecule has 2 N–H and O–H groups in total. The Bertz CT molecular complexity index is 341. The fourth-order valence-corrected chi connectivity index (χ4v) is 1.90. The summed E-state index contributed by atoms with van der Waals surface area (Å²) < 4.78 is 5.89. The molecule has 0 aliphatic rings. The van der Waals surface area contributed by atoms with E-state index in [2.05, 4.69) is 31.3 Å². The van der Waals surface area contributed by atoms with Crippen LogP contribution in [0.3, 0.4) is 0 Å². The quantitative estimate of drug-likeness (QED) is 0.746. The fourth-order valence-electron chi connectivity index (χ4n) is 1.90. The lowest BCUT2D eigenvalue weighted by Crippen LogP contribution is -2.32. The molecule has 0 fully saturated rings. The Morgan fingerprint density at radius 3 is 2.67 bits per heavy atom. The number of ether oxygens (including phenoxy) is 1. The first kappa shape index (κ1) is 15.0. The van der Waals surface area contributed by atoms with Crippen molar-refractivity contribution in [1.29, 1.82) is 0 Å². The van der Waals surface area contributed by atoms with Crippen molar-refractivity contribution in [3.63, 3.8) is 0 Å². The van der Waals surface area contributed by atoms with Crippen molar-refractivity contribution in [1.82, 2.24) is 5.32 Å². The van der Waals surface area contributed by atoms with Gasteiger partial charge in [0.1, 0.15) is 12.4 Å². The summed E-state index contributed by atoms with van der Waals surface area (Å²) in [6.07, 6.45) is 1.81. The van der Waals surface area contributed by atoms with Crippen LogP contribution in [0.15, 0.2) is 24.3 Å². The molecule has 3 nitrogen and oxygen atoms in total. The summed E-state index contributed by atoms with van der Waals surface area (Å²) in [5.41, 5.74) is 1.26. The number of aliphatic hydroxyl groups is 1. The van der Waals surface area contributed by atoms with E-state index in [4.69, 9.17) is 9.84 Å². The molecule has 102 valence electrons. The Hall–Kier alpha value is -1.06. The minimum absolute atomic E-state index is 0.182. The van der Waals surface area contributed by atoms with Gasteiger partial charge in [-0.2, -0.15) is 0 Å². The standard InChI is InChI=1S/C15H25NO2/c1-4-12(2)14-7-5-6-8-15(14)18-11-13(16-3)9-10-17/h5-8,12-13,16-17H,4,9-11H2,1-3H3. The van der Waals surface area contributed by atoms with Crippen LogP contribution in [-0.2, 0) is 0 Å². The molecule has 0 saturated heterocycles. The van der Waals surface area contributed by atoms with Crippen LogP contribution in [-0.4, -0.2) is 31.4 Å². The van der Waals surface area contributed by atoms with Gasteiger partial charge in [0.15, 0.2) is 0 Å². The molecule has 0 aromatic heterocycles. The van der Waals surface area contributed by atoms with E-state index in [1.54, 1.807) is 0 Å². The summed E-state index contributed by atoms with van der Waals surface area (Å²) >= 11 is 0. The number of para-hydroxylation sites is 1. The van der Waals surface area contributed by atoms with Gasteiger partial charge in [-0.1, -0.05) is 32.0 Å². The van der Waals surface area contributed by atoms with Crippen molar-refractivity contribution in [3.8, 4) is 5.75 Å². The van der Waals surface area contributed by atoms with E-state index in [-0.39, 0.29) is 12.6 Å². The lowest BCUT2D eigenvalue weighted by Gasteiger charge is -2.19. The van der Waals surface area contributed by atoms with Gasteiger partial charge in [-0.05, 0) is 37.4 Å². The second-order valence-electron chi connectivity index (χ2n) is 4.66. The number of hydrogen-bond donors (Lipinski definition) is 2. The molecule has 3 heteroatoms. The molecule has 2 atom stereocenters. The van der Waals surface area contributed by atoms with Crippen LogP contribution in [0.1, 0.15) is 38.2 Å². The minimum Gasteiger partial charge on any atom is -0.492 e. The molecule has 18 heavy (non-hydrogen) atoms. The van der Waals surface area contributed by atoms with Gasteiger partial charge >= 0.3 is 0 Å². The zero-order chi connectivity index (χ0) is 13.4. The Balaban J connectivity index is 2.66. The lowest BCUT2D eigenvalue weighted by molar-refractivity contribution is 0.217. The number of benzene rings is 1. The predicted molar refractivity (Wildman–Crippen MR) is 75.2 cm³/mol. The average Bonchev–Trinajstić information content (AvgIpc) is 2.43. The van der Waals surface area contributed by atoms with E-state index in [1.165, 1.54) is 5.56 Å². The number of aliphatic hydroxyl groups excluding tert-OH is 1. The summed E-state index contributed by atoms with van der Waals surface area (Å²) in [4.78, 5) is 0. The first-order chi connectivity index (χ1) is 8.72. The van der Waals surface area contributed by atoms with Crippen molar-refractivity contribution < 1.29 is 9.84 Å². The Morgan fingerprint density at radius 1 is 1.33 bits per heavy atom. The van der Waals surface area contributed by atoms with E-state index >= 15 is 0 Å². The summed E-state index contributed by atoms with van der Waals surface area (Å²) in [5.74, 6) is 1.47. The van der Waals surface area contributed by atoms with Gasteiger partial charge in [0, 0.05) is 12.6 Å². The van der Waals surface area contributed by atoms with Gasteiger partial charge in [0.25, 0.3) is 0 Å². The number of nitrogens with one attached hydrogen (secondary N) is 1. The molecular formula is C15H25NO2. The van der Waals surface area contributed by atoms with E-state index in [9.17, 15) is 0 Å². The largest absolute Gasteiger partial charge is 0.492 e. The highest BCUT2D eigenvalue weighted by Crippen LogP contribution is 2.28. The topological polar surface area (TPSA) is 41.5 Å². The molecule has 0 aliphatic heterocycles. The lowest BCUT2D eigenvalue weighted by atomic mass is 9.98. The monoisotopic (exact) mass is 251 g/mol. The van der Waals surface area contributed by atoms with Crippen molar-refractivity contribution in [3.05, 3.63) is 29.8 Å². The molecule has 1 rings (SSSR count). The van der Waals surface area contributed by atoms with Gasteiger partial charge in [-0.3, -0.25) is 0 Å². The van der Waals surface area contributed by atoms with Gasteiger partial charge in [-0.15, -0.1) is 0 Å². The molecule has 0 aliphatic carbocycles. The number of hydrogen-bond acceptors (Lipinski definition) is 3. The molecule has 0 amide bonds. The van der Waals surface area contributed by atoms with Gasteiger partial charge in [-0.25, -0.2) is 0 Å². The molecule has 1 aromatic carbocycles. The summed E-state index contributed by atoms with van der Waals surface area (Å²) in [7, 11) is 1.89. The first-order valence-corrected chi connectivity index (χ1v) is 6.72. The Labute approximate surface area is 110 Å². The summed E-state index contributed by atoms with van der Waals surface area (Å²) in [6, 6.07) is 8.40. The predicted octanol–water partition coefficient (Wildman–Crippen LogP) is 2.55. The third-order valence-electron chi connectivity index (χ3n) is 3.39. The highest BCUT2D eigenvalue weighted by molar-refractivity contribution is 5.35. The average molecular weight is 251 g/mol. The van der Waals surface area contributed by atoms with E-state index in [0.29, 0.717) is 18.9 Å². The SMILES string of the molecule is CCC(C)c1ccccc1OCC(CCO)NC. The number of rotatable bonds is 8. The maximum atomic E-state index is 8.95. The Kier molecular flexibility index (Phi) is 6.76. The van der Waals surface area contributed by atoms with Gasteiger partial charge in [0.2, 0.25) is 0 Å². The van der Waals surface area contributed by atoms with Crippen molar-refractivity contribution in [2.45, 2.75) is 38.6 Å². The third kappa shape index (κ3) is 4.31. The van der Waals surface area contributed by atoms with Crippen LogP contribution < -0.4 is 10.1 Å². The van der Waals surface area contributed by atoms with E-state index in [1.807, 2.05) is 19.2 Å². The summed E-state index contributed by atoms with van der Waals surface area (Å²) in [6.45, 7) is 5.17. The van der Waals surface area contributed by atoms with Crippen LogP contribution in [0.4, 0.5) is 0 Å². The minimum atomic E-state index is 0.182. The van der Waals surface area contributed by atoms with Crippen LogP contribution in [0.25, 0.3) is 0 Å². The first-order valence-electron chi connectivity index (χ1n) is 6.72. The molecular weight excluding hydrogens is 226 g/mol. The molecule has 0 bridgehead atoms. The zero-order valence-corrected chi connectivity index (χ0v) is 11.6. The zero-order valence-electron chi connectivity index (χ0n) is 11.6. The molecule has 0 spiro atoms. The smallest absolute Gasteiger partial charge is 0.122 e. The molecule has 0 saturated carbocycles. The van der Waals surface area contributed by atoms with Crippen molar-refractivity contribution >= 4 is 0 Å². The van der Waals surface area contributed by atoms with Crippen LogP contribution in [0.2, 0.25) is 0 Å². The van der Waals surface area contributed by atoms with Crippen molar-refractivity contribution in [2.75, 3.05) is 20.3 Å². The highest BCUT2D eigenvalue weighted by atomic mass is 16.5. The van der Waals surface area contributed by atoms with Crippen LogP contribution in [0.5, 0.6) is 5.75 Å². The normalized spacial score (nSPS) is 14.2. The van der Waals surface area contributed by atoms with E-state index < -0.39 is 0 Å². The summed E-state index contributed by atoms with van der Waals surface area (Å²) in [5, 5.41) is 12.1. The van der Waals surface area contributed by atoms with Crippen molar-refractivity contribution in [2.24, 2.45) is 0 Å². The van der Waals surface area contributed by atoms with Gasteiger partial charge in [0.05, 0.1) is 0 Å². The van der Waals surface area contributed by atoms with Crippen LogP contribution in [0, 0.1) is 0 Å². The number of likely N-dealkylation sites (N-methyl/N-ethyl adjacent to an activating group) is 1. The van der Waals surface area contributed by atoms with Crippen LogP contribution >= 0.6 is 0 Å². The molecule has 0 radical (unpaired) electrons. The van der Waals surface area contributed by atoms with Gasteiger partial charge < -0.3 is 15.2 Å². The molecule has 1 aromatic rings. The fraction of sp³-hybridized carbons (Fsp3) is 0.600. The maximum Gasteiger partial charge on any atom is 0.122 e. The highest BCUT2D eigenvalue weighted by Gasteiger charge is 2.11. The molecule has 0 heterocycles. The second kappa shape index (κ2) is 8.11.